The van der Waals surface area contributed by atoms with Gasteiger partial charge < -0.3 is 5.32 Å². The van der Waals surface area contributed by atoms with Crippen LogP contribution in [0.3, 0.4) is 0 Å². The molecule has 2 saturated carbocycles. The van der Waals surface area contributed by atoms with E-state index in [1.807, 2.05) is 0 Å². The summed E-state index contributed by atoms with van der Waals surface area (Å²) in [5, 5.41) is 3.90. The standard InChI is InChI=1S/C17H25N/c1-2-7-11-16(10-6-1)18-17-12-15(13-17)14-8-4-3-5-9-14/h3-5,8-9,15-18H,1-2,6-7,10-13H2. The molecule has 0 radical (unpaired) electrons. The van der Waals surface area contributed by atoms with Crippen LogP contribution in [0.15, 0.2) is 30.3 Å². The number of nitrogens with one attached hydrogen (secondary N) is 1. The van der Waals surface area contributed by atoms with Crippen molar-refractivity contribution >= 4 is 0 Å². The van der Waals surface area contributed by atoms with E-state index in [1.165, 1.54) is 56.9 Å². The van der Waals surface area contributed by atoms with Gasteiger partial charge in [0, 0.05) is 12.1 Å². The zero-order chi connectivity index (χ0) is 12.2. The Balaban J connectivity index is 1.45. The predicted molar refractivity (Wildman–Crippen MR) is 76.8 cm³/mol. The van der Waals surface area contributed by atoms with E-state index in [-0.39, 0.29) is 0 Å². The topological polar surface area (TPSA) is 12.0 Å². The summed E-state index contributed by atoms with van der Waals surface area (Å²) in [6.45, 7) is 0. The quantitative estimate of drug-likeness (QED) is 0.783. The maximum absolute atomic E-state index is 3.90. The molecule has 1 aromatic rings. The van der Waals surface area contributed by atoms with Gasteiger partial charge in [0.25, 0.3) is 0 Å². The van der Waals surface area contributed by atoms with Gasteiger partial charge in [0.05, 0.1) is 0 Å². The fraction of sp³-hybridized carbons (Fsp3) is 0.647. The van der Waals surface area contributed by atoms with Crippen LogP contribution in [0.1, 0.15) is 62.8 Å². The molecule has 1 heteroatoms. The van der Waals surface area contributed by atoms with Crippen LogP contribution in [0.5, 0.6) is 0 Å². The smallest absolute Gasteiger partial charge is 0.00813 e. The summed E-state index contributed by atoms with van der Waals surface area (Å²) in [6, 6.07) is 12.6. The highest BCUT2D eigenvalue weighted by molar-refractivity contribution is 5.22. The number of hydrogen-bond donors (Lipinski definition) is 1. The Labute approximate surface area is 111 Å². The Kier molecular flexibility index (Phi) is 3.99. The lowest BCUT2D eigenvalue weighted by atomic mass is 9.75. The lowest BCUT2D eigenvalue weighted by molar-refractivity contribution is 0.254. The summed E-state index contributed by atoms with van der Waals surface area (Å²) in [5.41, 5.74) is 1.54. The van der Waals surface area contributed by atoms with Crippen LogP contribution in [0.25, 0.3) is 0 Å². The van der Waals surface area contributed by atoms with E-state index in [9.17, 15) is 0 Å². The van der Waals surface area contributed by atoms with Gasteiger partial charge in [-0.15, -0.1) is 0 Å². The maximum atomic E-state index is 3.90. The summed E-state index contributed by atoms with van der Waals surface area (Å²) in [7, 11) is 0. The second-order valence-corrected chi connectivity index (χ2v) is 6.13. The Morgan fingerprint density at radius 2 is 1.44 bits per heavy atom. The first-order valence-electron chi connectivity index (χ1n) is 7.73. The second kappa shape index (κ2) is 5.88. The molecule has 1 N–H and O–H groups in total. The van der Waals surface area contributed by atoms with E-state index < -0.39 is 0 Å². The van der Waals surface area contributed by atoms with E-state index >= 15 is 0 Å². The minimum atomic E-state index is 0.790. The van der Waals surface area contributed by atoms with Crippen LogP contribution in [-0.4, -0.2) is 12.1 Å². The van der Waals surface area contributed by atoms with Crippen LogP contribution in [0.4, 0.5) is 0 Å². The van der Waals surface area contributed by atoms with Crippen molar-refractivity contribution in [2.45, 2.75) is 69.4 Å². The first-order valence-corrected chi connectivity index (χ1v) is 7.73. The summed E-state index contributed by atoms with van der Waals surface area (Å²) in [4.78, 5) is 0. The zero-order valence-electron chi connectivity index (χ0n) is 11.3. The molecule has 2 aliphatic rings. The normalized spacial score (nSPS) is 29.6. The predicted octanol–water partition coefficient (Wildman–Crippen LogP) is 4.25. The molecule has 98 valence electrons. The molecule has 0 aliphatic heterocycles. The summed E-state index contributed by atoms with van der Waals surface area (Å²) < 4.78 is 0. The van der Waals surface area contributed by atoms with E-state index in [4.69, 9.17) is 0 Å². The number of benzene rings is 1. The van der Waals surface area contributed by atoms with E-state index in [2.05, 4.69) is 35.6 Å². The Bertz CT molecular complexity index is 345. The van der Waals surface area contributed by atoms with Gasteiger partial charge in [0.2, 0.25) is 0 Å². The summed E-state index contributed by atoms with van der Waals surface area (Å²) in [5.74, 6) is 0.814. The molecule has 0 bridgehead atoms. The highest BCUT2D eigenvalue weighted by atomic mass is 15.0. The Hall–Kier alpha value is -0.820. The van der Waals surface area contributed by atoms with Crippen LogP contribution in [0.2, 0.25) is 0 Å². The monoisotopic (exact) mass is 243 g/mol. The first kappa shape index (κ1) is 12.2. The number of hydrogen-bond acceptors (Lipinski definition) is 1. The average Bonchev–Trinajstić information content (AvgIpc) is 2.63. The molecule has 0 heterocycles. The molecular weight excluding hydrogens is 218 g/mol. The molecule has 3 rings (SSSR count). The highest BCUT2D eigenvalue weighted by Gasteiger charge is 2.31. The van der Waals surface area contributed by atoms with Crippen LogP contribution < -0.4 is 5.32 Å². The highest BCUT2D eigenvalue weighted by Crippen LogP contribution is 2.37. The van der Waals surface area contributed by atoms with Crippen molar-refractivity contribution in [1.82, 2.24) is 5.32 Å². The van der Waals surface area contributed by atoms with Gasteiger partial charge in [0.1, 0.15) is 0 Å². The Morgan fingerprint density at radius 3 is 2.11 bits per heavy atom. The summed E-state index contributed by atoms with van der Waals surface area (Å²) in [6.07, 6.45) is 11.3. The van der Waals surface area contributed by atoms with Gasteiger partial charge in [-0.25, -0.2) is 0 Å². The van der Waals surface area contributed by atoms with Gasteiger partial charge >= 0.3 is 0 Å². The molecule has 0 unspecified atom stereocenters. The molecular formula is C17H25N. The van der Waals surface area contributed by atoms with Crippen LogP contribution >= 0.6 is 0 Å². The maximum Gasteiger partial charge on any atom is 0.00813 e. The minimum absolute atomic E-state index is 0.790. The fourth-order valence-corrected chi connectivity index (χ4v) is 3.53. The van der Waals surface area contributed by atoms with Crippen molar-refractivity contribution in [1.29, 1.82) is 0 Å². The average molecular weight is 243 g/mol. The lowest BCUT2D eigenvalue weighted by Crippen LogP contribution is -2.45. The van der Waals surface area contributed by atoms with E-state index in [0.29, 0.717) is 0 Å². The third-order valence-corrected chi connectivity index (χ3v) is 4.74. The van der Waals surface area contributed by atoms with E-state index in [0.717, 1.165) is 18.0 Å². The molecule has 18 heavy (non-hydrogen) atoms. The molecule has 0 amide bonds. The van der Waals surface area contributed by atoms with Crippen molar-refractivity contribution in [3.8, 4) is 0 Å². The van der Waals surface area contributed by atoms with Crippen molar-refractivity contribution in [3.63, 3.8) is 0 Å². The largest absolute Gasteiger partial charge is 0.311 e. The van der Waals surface area contributed by atoms with Gasteiger partial charge in [-0.2, -0.15) is 0 Å². The van der Waals surface area contributed by atoms with Gasteiger partial charge in [-0.05, 0) is 37.2 Å². The SMILES string of the molecule is c1ccc(C2CC(NC3CCCCCC3)C2)cc1. The number of rotatable bonds is 3. The minimum Gasteiger partial charge on any atom is -0.311 e. The molecule has 1 nitrogen and oxygen atoms in total. The molecule has 0 aromatic heterocycles. The molecule has 1 aromatic carbocycles. The van der Waals surface area contributed by atoms with Gasteiger partial charge in [-0.1, -0.05) is 56.0 Å². The van der Waals surface area contributed by atoms with Crippen LogP contribution in [-0.2, 0) is 0 Å². The van der Waals surface area contributed by atoms with Crippen molar-refractivity contribution in [3.05, 3.63) is 35.9 Å². The molecule has 0 atom stereocenters. The zero-order valence-corrected chi connectivity index (χ0v) is 11.3. The third-order valence-electron chi connectivity index (χ3n) is 4.74. The van der Waals surface area contributed by atoms with Crippen molar-refractivity contribution in [2.24, 2.45) is 0 Å². The van der Waals surface area contributed by atoms with Crippen molar-refractivity contribution in [2.75, 3.05) is 0 Å². The molecule has 0 saturated heterocycles. The van der Waals surface area contributed by atoms with Gasteiger partial charge in [-0.3, -0.25) is 0 Å². The fourth-order valence-electron chi connectivity index (χ4n) is 3.53. The lowest BCUT2D eigenvalue weighted by Gasteiger charge is -2.38. The Morgan fingerprint density at radius 1 is 0.778 bits per heavy atom. The first-order chi connectivity index (χ1) is 8.92. The molecule has 2 aliphatic carbocycles. The van der Waals surface area contributed by atoms with Crippen LogP contribution in [0, 0.1) is 0 Å². The van der Waals surface area contributed by atoms with E-state index in [1.54, 1.807) is 0 Å². The van der Waals surface area contributed by atoms with Crippen molar-refractivity contribution < 1.29 is 0 Å². The molecule has 0 spiro atoms. The summed E-state index contributed by atoms with van der Waals surface area (Å²) >= 11 is 0. The second-order valence-electron chi connectivity index (χ2n) is 6.13. The molecule has 2 fully saturated rings. The van der Waals surface area contributed by atoms with Gasteiger partial charge in [0.15, 0.2) is 0 Å². The third kappa shape index (κ3) is 2.95.